The second kappa shape index (κ2) is 6.64. The van der Waals surface area contributed by atoms with Crippen molar-refractivity contribution in [3.05, 3.63) is 0 Å². The van der Waals surface area contributed by atoms with E-state index in [2.05, 4.69) is 25.7 Å². The van der Waals surface area contributed by atoms with Crippen molar-refractivity contribution < 1.29 is 0 Å². The monoisotopic (exact) mass is 139 g/mol. The highest BCUT2D eigenvalue weighted by molar-refractivity contribution is 5.05. The Balaban J connectivity index is 3.29. The third-order valence-electron chi connectivity index (χ3n) is 1.38. The van der Waals surface area contributed by atoms with E-state index in [1.54, 1.807) is 0 Å². The zero-order valence-corrected chi connectivity index (χ0v) is 6.98. The molecular formula is C9H17N. The fourth-order valence-corrected chi connectivity index (χ4v) is 0.570. The third kappa shape index (κ3) is 5.65. The molecule has 1 atom stereocenters. The van der Waals surface area contributed by atoms with E-state index in [0.717, 1.165) is 12.8 Å². The number of nitrogens with two attached hydrogens (primary N) is 1. The Kier molecular flexibility index (Phi) is 6.32. The van der Waals surface area contributed by atoms with Gasteiger partial charge in [-0.3, -0.25) is 0 Å². The molecule has 0 rings (SSSR count). The first kappa shape index (κ1) is 9.52. The Morgan fingerprint density at radius 2 is 2.10 bits per heavy atom. The van der Waals surface area contributed by atoms with Crippen LogP contribution in [0, 0.1) is 11.8 Å². The highest BCUT2D eigenvalue weighted by atomic mass is 14.6. The molecule has 0 aromatic heterocycles. The second-order valence-electron chi connectivity index (χ2n) is 2.44. The molecule has 0 saturated carbocycles. The molecule has 1 heteroatoms. The summed E-state index contributed by atoms with van der Waals surface area (Å²) in [5.41, 5.74) is 5.58. The molecule has 0 saturated heterocycles. The summed E-state index contributed by atoms with van der Waals surface area (Å²) in [7, 11) is 0. The molecule has 0 aliphatic rings. The molecule has 0 amide bonds. The van der Waals surface area contributed by atoms with Crippen LogP contribution in [0.4, 0.5) is 0 Å². The third-order valence-corrected chi connectivity index (χ3v) is 1.38. The van der Waals surface area contributed by atoms with Gasteiger partial charge >= 0.3 is 0 Å². The maximum Gasteiger partial charge on any atom is 0.0661 e. The van der Waals surface area contributed by atoms with Crippen molar-refractivity contribution >= 4 is 0 Å². The van der Waals surface area contributed by atoms with Gasteiger partial charge < -0.3 is 5.73 Å². The SMILES string of the molecule is CCCCC#CC(N)CC. The topological polar surface area (TPSA) is 26.0 Å². The molecule has 1 nitrogen and oxygen atoms in total. The Hall–Kier alpha value is -0.480. The van der Waals surface area contributed by atoms with Crippen LogP contribution in [0.3, 0.4) is 0 Å². The average Bonchev–Trinajstić information content (AvgIpc) is 1.98. The van der Waals surface area contributed by atoms with Crippen molar-refractivity contribution in [2.24, 2.45) is 5.73 Å². The molecular weight excluding hydrogens is 122 g/mol. The second-order valence-corrected chi connectivity index (χ2v) is 2.44. The normalized spacial score (nSPS) is 11.9. The van der Waals surface area contributed by atoms with E-state index >= 15 is 0 Å². The lowest BCUT2D eigenvalue weighted by Gasteiger charge is -1.94. The maximum atomic E-state index is 5.58. The van der Waals surface area contributed by atoms with Crippen molar-refractivity contribution in [1.29, 1.82) is 0 Å². The van der Waals surface area contributed by atoms with E-state index in [9.17, 15) is 0 Å². The molecule has 58 valence electrons. The Morgan fingerprint density at radius 3 is 2.60 bits per heavy atom. The lowest BCUT2D eigenvalue weighted by Crippen LogP contribution is -2.15. The van der Waals surface area contributed by atoms with Crippen LogP contribution in [0.1, 0.15) is 39.5 Å². The molecule has 0 radical (unpaired) electrons. The smallest absolute Gasteiger partial charge is 0.0661 e. The van der Waals surface area contributed by atoms with Crippen molar-refractivity contribution in [1.82, 2.24) is 0 Å². The van der Waals surface area contributed by atoms with E-state index in [4.69, 9.17) is 5.73 Å². The van der Waals surface area contributed by atoms with Crippen LogP contribution in [0.2, 0.25) is 0 Å². The molecule has 2 N–H and O–H groups in total. The Bertz CT molecular complexity index is 118. The predicted molar refractivity (Wildman–Crippen MR) is 45.6 cm³/mol. The highest BCUT2D eigenvalue weighted by Crippen LogP contribution is 1.91. The van der Waals surface area contributed by atoms with Crippen LogP contribution in [0.15, 0.2) is 0 Å². The summed E-state index contributed by atoms with van der Waals surface area (Å²) in [5.74, 6) is 6.06. The molecule has 0 aliphatic heterocycles. The summed E-state index contributed by atoms with van der Waals surface area (Å²) in [6.45, 7) is 4.22. The predicted octanol–water partition coefficient (Wildman–Crippen LogP) is 1.92. The van der Waals surface area contributed by atoms with Crippen LogP contribution < -0.4 is 5.73 Å². The van der Waals surface area contributed by atoms with Crippen molar-refractivity contribution in [2.45, 2.75) is 45.6 Å². The Morgan fingerprint density at radius 1 is 1.40 bits per heavy atom. The van der Waals surface area contributed by atoms with Crippen LogP contribution >= 0.6 is 0 Å². The fraction of sp³-hybridized carbons (Fsp3) is 0.778. The summed E-state index contributed by atoms with van der Waals surface area (Å²) in [5, 5.41) is 0. The molecule has 0 aromatic carbocycles. The van der Waals surface area contributed by atoms with Gasteiger partial charge in [0.25, 0.3) is 0 Å². The van der Waals surface area contributed by atoms with Crippen LogP contribution in [-0.2, 0) is 0 Å². The van der Waals surface area contributed by atoms with Gasteiger partial charge in [0, 0.05) is 6.42 Å². The molecule has 0 fully saturated rings. The largest absolute Gasteiger partial charge is 0.318 e. The van der Waals surface area contributed by atoms with Gasteiger partial charge in [0.15, 0.2) is 0 Å². The van der Waals surface area contributed by atoms with E-state index in [1.165, 1.54) is 12.8 Å². The molecule has 10 heavy (non-hydrogen) atoms. The summed E-state index contributed by atoms with van der Waals surface area (Å²) in [4.78, 5) is 0. The first-order valence-electron chi connectivity index (χ1n) is 4.05. The molecule has 0 heterocycles. The highest BCUT2D eigenvalue weighted by Gasteiger charge is 1.87. The van der Waals surface area contributed by atoms with Gasteiger partial charge in [-0.2, -0.15) is 0 Å². The molecule has 0 spiro atoms. The molecule has 0 bridgehead atoms. The van der Waals surface area contributed by atoms with E-state index in [-0.39, 0.29) is 6.04 Å². The van der Waals surface area contributed by atoms with E-state index in [1.807, 2.05) is 0 Å². The number of unbranched alkanes of at least 4 members (excludes halogenated alkanes) is 2. The van der Waals surface area contributed by atoms with Gasteiger partial charge in [-0.1, -0.05) is 26.2 Å². The summed E-state index contributed by atoms with van der Waals surface area (Å²) in [6, 6.07) is 0.0943. The summed E-state index contributed by atoms with van der Waals surface area (Å²) < 4.78 is 0. The van der Waals surface area contributed by atoms with E-state index < -0.39 is 0 Å². The lowest BCUT2D eigenvalue weighted by atomic mass is 10.2. The van der Waals surface area contributed by atoms with Crippen molar-refractivity contribution in [3.63, 3.8) is 0 Å². The van der Waals surface area contributed by atoms with E-state index in [0.29, 0.717) is 0 Å². The lowest BCUT2D eigenvalue weighted by molar-refractivity contribution is 0.797. The fourth-order valence-electron chi connectivity index (χ4n) is 0.570. The summed E-state index contributed by atoms with van der Waals surface area (Å²) in [6.07, 6.45) is 4.38. The van der Waals surface area contributed by atoms with Crippen molar-refractivity contribution in [3.8, 4) is 11.8 Å². The first-order chi connectivity index (χ1) is 4.81. The zero-order chi connectivity index (χ0) is 7.82. The summed E-state index contributed by atoms with van der Waals surface area (Å²) >= 11 is 0. The van der Waals surface area contributed by atoms with Gasteiger partial charge in [0.1, 0.15) is 0 Å². The molecule has 0 aromatic rings. The minimum absolute atomic E-state index is 0.0943. The zero-order valence-electron chi connectivity index (χ0n) is 6.98. The minimum atomic E-state index is 0.0943. The number of hydrogen-bond donors (Lipinski definition) is 1. The van der Waals surface area contributed by atoms with Gasteiger partial charge in [0.2, 0.25) is 0 Å². The molecule has 0 aliphatic carbocycles. The van der Waals surface area contributed by atoms with Gasteiger partial charge in [-0.15, -0.1) is 5.92 Å². The maximum absolute atomic E-state index is 5.58. The minimum Gasteiger partial charge on any atom is -0.318 e. The number of hydrogen-bond acceptors (Lipinski definition) is 1. The van der Waals surface area contributed by atoms with Gasteiger partial charge in [0.05, 0.1) is 6.04 Å². The standard InChI is InChI=1S/C9H17N/c1-3-5-6-7-8-9(10)4-2/h9H,3-6,10H2,1-2H3. The van der Waals surface area contributed by atoms with Crippen molar-refractivity contribution in [2.75, 3.05) is 0 Å². The van der Waals surface area contributed by atoms with Gasteiger partial charge in [-0.25, -0.2) is 0 Å². The van der Waals surface area contributed by atoms with Crippen LogP contribution in [0.5, 0.6) is 0 Å². The average molecular weight is 139 g/mol. The number of rotatable bonds is 3. The quantitative estimate of drug-likeness (QED) is 0.469. The first-order valence-corrected chi connectivity index (χ1v) is 4.05. The van der Waals surface area contributed by atoms with Crippen LogP contribution in [0.25, 0.3) is 0 Å². The van der Waals surface area contributed by atoms with Gasteiger partial charge in [-0.05, 0) is 12.8 Å². The molecule has 1 unspecified atom stereocenters. The van der Waals surface area contributed by atoms with Crippen LogP contribution in [-0.4, -0.2) is 6.04 Å². The Labute approximate surface area is 64.0 Å².